The molecular formula is C17H26FNO4. The highest BCUT2D eigenvalue weighted by atomic mass is 19.1. The molecule has 0 aromatic carbocycles. The first-order chi connectivity index (χ1) is 10.9. The third-order valence-corrected chi connectivity index (χ3v) is 4.90. The summed E-state index contributed by atoms with van der Waals surface area (Å²) in [6.07, 6.45) is 3.37. The van der Waals surface area contributed by atoms with Crippen molar-refractivity contribution in [1.29, 1.82) is 0 Å². The summed E-state index contributed by atoms with van der Waals surface area (Å²) in [6.45, 7) is 3.56. The van der Waals surface area contributed by atoms with Crippen molar-refractivity contribution in [2.24, 2.45) is 11.8 Å². The Morgan fingerprint density at radius 3 is 2.48 bits per heavy atom. The zero-order chi connectivity index (χ0) is 17.0. The number of halogens is 1. The van der Waals surface area contributed by atoms with Gasteiger partial charge >= 0.3 is 5.97 Å². The van der Waals surface area contributed by atoms with Crippen LogP contribution in [-0.4, -0.2) is 42.4 Å². The van der Waals surface area contributed by atoms with Crippen LogP contribution in [-0.2, 0) is 19.1 Å². The lowest BCUT2D eigenvalue weighted by Crippen LogP contribution is -2.41. The van der Waals surface area contributed by atoms with Crippen LogP contribution in [0.25, 0.3) is 0 Å². The Morgan fingerprint density at radius 1 is 1.22 bits per heavy atom. The van der Waals surface area contributed by atoms with E-state index in [9.17, 15) is 14.4 Å². The van der Waals surface area contributed by atoms with E-state index in [-0.39, 0.29) is 31.4 Å². The number of alkyl halides is 1. The molecule has 0 heterocycles. The molecule has 0 amide bonds. The molecule has 1 N–H and O–H groups in total. The molecule has 130 valence electrons. The minimum absolute atomic E-state index is 0.00552. The molecule has 2 rings (SSSR count). The number of ether oxygens (including phenoxy) is 1. The SMILES string of the molecule is CCOC(=O)C1(F)CC(NCC(=O)C(=O)CC2CC2)CC1CC. The van der Waals surface area contributed by atoms with Crippen molar-refractivity contribution in [2.45, 2.75) is 64.1 Å². The monoisotopic (exact) mass is 327 g/mol. The molecule has 0 bridgehead atoms. The average molecular weight is 327 g/mol. The summed E-state index contributed by atoms with van der Waals surface area (Å²) >= 11 is 0. The third kappa shape index (κ3) is 4.37. The number of rotatable bonds is 9. The quantitative estimate of drug-likeness (QED) is 0.518. The molecule has 23 heavy (non-hydrogen) atoms. The van der Waals surface area contributed by atoms with Crippen molar-refractivity contribution < 1.29 is 23.5 Å². The molecule has 0 saturated heterocycles. The number of Topliss-reactive ketones (excluding diaryl/α,β-unsaturated/α-hetero) is 2. The first-order valence-electron chi connectivity index (χ1n) is 8.56. The standard InChI is InChI=1S/C17H26FNO4/c1-3-12-8-13(9-17(12,18)16(22)23-4-2)19-10-15(21)14(20)7-11-5-6-11/h11-13,19H,3-10H2,1-2H3. The van der Waals surface area contributed by atoms with Crippen LogP contribution in [0.4, 0.5) is 4.39 Å². The fourth-order valence-electron chi connectivity index (χ4n) is 3.32. The number of nitrogens with one attached hydrogen (secondary N) is 1. The van der Waals surface area contributed by atoms with Crippen LogP contribution in [0.5, 0.6) is 0 Å². The Balaban J connectivity index is 1.85. The lowest BCUT2D eigenvalue weighted by Gasteiger charge is -2.23. The van der Waals surface area contributed by atoms with E-state index in [0.717, 1.165) is 12.8 Å². The van der Waals surface area contributed by atoms with Gasteiger partial charge < -0.3 is 10.1 Å². The van der Waals surface area contributed by atoms with E-state index in [1.54, 1.807) is 6.92 Å². The summed E-state index contributed by atoms with van der Waals surface area (Å²) in [5.74, 6) is -1.65. The third-order valence-electron chi connectivity index (χ3n) is 4.90. The number of ketones is 2. The van der Waals surface area contributed by atoms with E-state index < -0.39 is 23.3 Å². The van der Waals surface area contributed by atoms with Gasteiger partial charge in [-0.15, -0.1) is 0 Å². The minimum atomic E-state index is -2.00. The number of esters is 1. The number of carbonyl (C=O) groups excluding carboxylic acids is 3. The van der Waals surface area contributed by atoms with E-state index in [1.807, 2.05) is 6.92 Å². The molecule has 2 fully saturated rings. The second-order valence-corrected chi connectivity index (χ2v) is 6.70. The molecule has 2 saturated carbocycles. The number of hydrogen-bond acceptors (Lipinski definition) is 5. The lowest BCUT2D eigenvalue weighted by atomic mass is 9.90. The van der Waals surface area contributed by atoms with Crippen molar-refractivity contribution in [3.63, 3.8) is 0 Å². The summed E-state index contributed by atoms with van der Waals surface area (Å²) in [5.41, 5.74) is -2.00. The molecule has 3 unspecified atom stereocenters. The Morgan fingerprint density at radius 2 is 1.91 bits per heavy atom. The van der Waals surface area contributed by atoms with Gasteiger partial charge in [0.2, 0.25) is 11.5 Å². The number of carbonyl (C=O) groups is 3. The highest BCUT2D eigenvalue weighted by molar-refractivity contribution is 6.38. The van der Waals surface area contributed by atoms with Gasteiger partial charge in [-0.1, -0.05) is 6.92 Å². The van der Waals surface area contributed by atoms with Gasteiger partial charge in [-0.05, 0) is 38.5 Å². The van der Waals surface area contributed by atoms with E-state index in [1.165, 1.54) is 0 Å². The topological polar surface area (TPSA) is 72.5 Å². The minimum Gasteiger partial charge on any atom is -0.464 e. The molecule has 0 aliphatic heterocycles. The van der Waals surface area contributed by atoms with E-state index >= 15 is 4.39 Å². The molecule has 0 aromatic rings. The smallest absolute Gasteiger partial charge is 0.344 e. The van der Waals surface area contributed by atoms with Gasteiger partial charge in [0.15, 0.2) is 5.78 Å². The molecular weight excluding hydrogens is 301 g/mol. The van der Waals surface area contributed by atoms with Crippen molar-refractivity contribution in [1.82, 2.24) is 5.32 Å². The van der Waals surface area contributed by atoms with Gasteiger partial charge in [-0.3, -0.25) is 9.59 Å². The summed E-state index contributed by atoms with van der Waals surface area (Å²) in [6, 6.07) is -0.285. The predicted molar refractivity (Wildman–Crippen MR) is 82.6 cm³/mol. The van der Waals surface area contributed by atoms with Gasteiger partial charge in [0.25, 0.3) is 0 Å². The first-order valence-corrected chi connectivity index (χ1v) is 8.56. The molecule has 2 aliphatic carbocycles. The molecule has 2 aliphatic rings. The van der Waals surface area contributed by atoms with Crippen molar-refractivity contribution in [3.05, 3.63) is 0 Å². The van der Waals surface area contributed by atoms with Crippen molar-refractivity contribution in [3.8, 4) is 0 Å². The maximum atomic E-state index is 15.0. The Labute approximate surface area is 136 Å². The van der Waals surface area contributed by atoms with E-state index in [4.69, 9.17) is 4.74 Å². The Bertz CT molecular complexity index is 477. The van der Waals surface area contributed by atoms with Gasteiger partial charge in [0, 0.05) is 24.8 Å². The maximum absolute atomic E-state index is 15.0. The molecule has 3 atom stereocenters. The van der Waals surface area contributed by atoms with E-state index in [2.05, 4.69) is 5.32 Å². The predicted octanol–water partition coefficient (Wildman–Crippen LogP) is 1.97. The fourth-order valence-corrected chi connectivity index (χ4v) is 3.32. The van der Waals surface area contributed by atoms with Crippen LogP contribution in [0.1, 0.15) is 52.4 Å². The molecule has 6 heteroatoms. The van der Waals surface area contributed by atoms with Crippen LogP contribution in [0.3, 0.4) is 0 Å². The second-order valence-electron chi connectivity index (χ2n) is 6.70. The van der Waals surface area contributed by atoms with Gasteiger partial charge in [0.1, 0.15) is 0 Å². The molecule has 0 spiro atoms. The number of hydrogen-bond donors (Lipinski definition) is 1. The van der Waals surface area contributed by atoms with Crippen LogP contribution >= 0.6 is 0 Å². The summed E-state index contributed by atoms with van der Waals surface area (Å²) in [5, 5.41) is 2.95. The van der Waals surface area contributed by atoms with Crippen molar-refractivity contribution >= 4 is 17.5 Å². The maximum Gasteiger partial charge on any atom is 0.344 e. The second kappa shape index (κ2) is 7.51. The van der Waals surface area contributed by atoms with E-state index in [0.29, 0.717) is 25.2 Å². The van der Waals surface area contributed by atoms with Crippen molar-refractivity contribution in [2.75, 3.05) is 13.2 Å². The van der Waals surface area contributed by atoms with Gasteiger partial charge in [-0.2, -0.15) is 0 Å². The molecule has 0 radical (unpaired) electrons. The normalized spacial score (nSPS) is 30.2. The van der Waals surface area contributed by atoms with Gasteiger partial charge in [-0.25, -0.2) is 9.18 Å². The van der Waals surface area contributed by atoms with Crippen LogP contribution in [0.2, 0.25) is 0 Å². The highest BCUT2D eigenvalue weighted by Gasteiger charge is 2.53. The zero-order valence-corrected chi connectivity index (χ0v) is 13.9. The van der Waals surface area contributed by atoms with Crippen LogP contribution < -0.4 is 5.32 Å². The first kappa shape index (κ1) is 18.0. The lowest BCUT2D eigenvalue weighted by molar-refractivity contribution is -0.160. The van der Waals surface area contributed by atoms with Crippen LogP contribution in [0.15, 0.2) is 0 Å². The summed E-state index contributed by atoms with van der Waals surface area (Å²) in [7, 11) is 0. The fraction of sp³-hybridized carbons (Fsp3) is 0.824. The largest absolute Gasteiger partial charge is 0.464 e. The Kier molecular flexibility index (Phi) is 5.89. The summed E-state index contributed by atoms with van der Waals surface area (Å²) < 4.78 is 19.9. The zero-order valence-electron chi connectivity index (χ0n) is 13.9. The van der Waals surface area contributed by atoms with Gasteiger partial charge in [0.05, 0.1) is 13.2 Å². The molecule has 5 nitrogen and oxygen atoms in total. The van der Waals surface area contributed by atoms with Crippen LogP contribution in [0, 0.1) is 11.8 Å². The molecule has 0 aromatic heterocycles. The average Bonchev–Trinajstić information content (AvgIpc) is 3.26. The summed E-state index contributed by atoms with van der Waals surface area (Å²) in [4.78, 5) is 35.4. The Hall–Kier alpha value is -1.30. The highest BCUT2D eigenvalue weighted by Crippen LogP contribution is 2.42.